The number of benzene rings is 2. The molecule has 0 atom stereocenters. The number of halogens is 3. The van der Waals surface area contributed by atoms with Crippen molar-refractivity contribution < 1.29 is 19.2 Å². The number of pyridine rings is 1. The van der Waals surface area contributed by atoms with Crippen LogP contribution in [0.1, 0.15) is 32.0 Å². The van der Waals surface area contributed by atoms with Crippen LogP contribution in [0, 0.1) is 6.92 Å². The van der Waals surface area contributed by atoms with Crippen LogP contribution in [-0.2, 0) is 16.2 Å². The number of amides is 3. The lowest BCUT2D eigenvalue weighted by molar-refractivity contribution is -0.127. The molecule has 2 aromatic carbocycles. The number of nitrogens with one attached hydrogen (secondary N) is 3. The van der Waals surface area contributed by atoms with Crippen molar-refractivity contribution >= 4 is 62.5 Å². The first-order valence-electron chi connectivity index (χ1n) is 11.4. The Kier molecular flexibility index (Phi) is 9.31. The fourth-order valence-electron chi connectivity index (χ4n) is 3.54. The molecule has 2 heterocycles. The van der Waals surface area contributed by atoms with Crippen molar-refractivity contribution in [1.29, 1.82) is 0 Å². The molecule has 0 aliphatic carbocycles. The molecular formula is C26H21BrCl2N6O4. The van der Waals surface area contributed by atoms with Gasteiger partial charge in [-0.1, -0.05) is 53.5 Å². The Morgan fingerprint density at radius 3 is 2.54 bits per heavy atom. The van der Waals surface area contributed by atoms with Gasteiger partial charge in [-0.2, -0.15) is 5.10 Å². The van der Waals surface area contributed by atoms with Crippen LogP contribution in [0.2, 0.25) is 10.0 Å². The number of carbonyl (C=O) groups excluding carboxylic acids is 3. The van der Waals surface area contributed by atoms with E-state index in [9.17, 15) is 14.4 Å². The molecule has 0 radical (unpaired) electrons. The first-order chi connectivity index (χ1) is 18.7. The van der Waals surface area contributed by atoms with Crippen molar-refractivity contribution in [2.45, 2.75) is 13.5 Å². The second-order valence-electron chi connectivity index (χ2n) is 8.15. The molecule has 0 bridgehead atoms. The summed E-state index contributed by atoms with van der Waals surface area (Å²) in [5.41, 5.74) is 3.98. The van der Waals surface area contributed by atoms with E-state index in [0.29, 0.717) is 16.7 Å². The van der Waals surface area contributed by atoms with Gasteiger partial charge in [0.1, 0.15) is 10.3 Å². The quantitative estimate of drug-likeness (QED) is 0.226. The van der Waals surface area contributed by atoms with Crippen molar-refractivity contribution in [2.24, 2.45) is 0 Å². The number of hydrogen-bond acceptors (Lipinski definition) is 6. The molecule has 0 fully saturated rings. The van der Waals surface area contributed by atoms with Crippen LogP contribution in [0.15, 0.2) is 71.5 Å². The minimum absolute atomic E-state index is 0.0269. The Morgan fingerprint density at radius 2 is 1.79 bits per heavy atom. The molecule has 200 valence electrons. The molecule has 0 saturated carbocycles. The largest absolute Gasteiger partial charge is 0.350 e. The maximum atomic E-state index is 13.3. The first kappa shape index (κ1) is 28.2. The van der Waals surface area contributed by atoms with Gasteiger partial charge in [0.2, 0.25) is 5.91 Å². The molecule has 0 aliphatic rings. The topological polar surface area (TPSA) is 127 Å². The van der Waals surface area contributed by atoms with E-state index in [4.69, 9.17) is 28.0 Å². The third kappa shape index (κ3) is 7.21. The molecule has 3 N–H and O–H groups in total. The predicted molar refractivity (Wildman–Crippen MR) is 150 cm³/mol. The third-order valence-corrected chi connectivity index (χ3v) is 6.24. The monoisotopic (exact) mass is 630 g/mol. The molecule has 39 heavy (non-hydrogen) atoms. The van der Waals surface area contributed by atoms with Crippen molar-refractivity contribution in [3.63, 3.8) is 0 Å². The fourth-order valence-corrected chi connectivity index (χ4v) is 4.39. The normalized spacial score (nSPS) is 10.7. The van der Waals surface area contributed by atoms with Crippen molar-refractivity contribution in [3.8, 4) is 5.82 Å². The molecule has 0 spiro atoms. The average Bonchev–Trinajstić information content (AvgIpc) is 3.31. The minimum Gasteiger partial charge on any atom is -0.350 e. The van der Waals surface area contributed by atoms with Crippen molar-refractivity contribution in [2.75, 3.05) is 11.9 Å². The van der Waals surface area contributed by atoms with E-state index in [2.05, 4.69) is 42.1 Å². The average molecular weight is 632 g/mol. The fraction of sp³-hybridized carbons (Fsp3) is 0.115. The zero-order valence-electron chi connectivity index (χ0n) is 20.4. The van der Waals surface area contributed by atoms with E-state index in [1.165, 1.54) is 23.0 Å². The van der Waals surface area contributed by atoms with Gasteiger partial charge in [0.05, 0.1) is 16.3 Å². The SMILES string of the molecule is Cc1cc(Cl)cc(C(=O)NOCC(=O)NCc2ccccc2)c1NC(=O)c1cc(Br)nn1-c1ncccc1Cl. The minimum atomic E-state index is -0.714. The maximum absolute atomic E-state index is 13.3. The zero-order valence-corrected chi connectivity index (χ0v) is 23.5. The second-order valence-corrected chi connectivity index (χ2v) is 9.81. The van der Waals surface area contributed by atoms with Crippen LogP contribution in [0.25, 0.3) is 5.82 Å². The standard InChI is InChI=1S/C26H21BrCl2N6O4/c1-15-10-17(28)11-18(25(37)34-39-14-22(36)31-13-16-6-3-2-4-7-16)23(15)32-26(38)20-12-21(27)33-35(20)24-19(29)8-5-9-30-24/h2-12H,13-14H2,1H3,(H,31,36)(H,32,38)(H,34,37). The smallest absolute Gasteiger partial charge is 0.277 e. The predicted octanol–water partition coefficient (Wildman–Crippen LogP) is 4.88. The number of anilines is 1. The van der Waals surface area contributed by atoms with Gasteiger partial charge in [-0.15, -0.1) is 0 Å². The highest BCUT2D eigenvalue weighted by Crippen LogP contribution is 2.27. The number of aromatic nitrogens is 3. The lowest BCUT2D eigenvalue weighted by Gasteiger charge is -2.15. The van der Waals surface area contributed by atoms with Crippen LogP contribution >= 0.6 is 39.1 Å². The number of hydrogen-bond donors (Lipinski definition) is 3. The summed E-state index contributed by atoms with van der Waals surface area (Å²) in [6.45, 7) is 1.58. The van der Waals surface area contributed by atoms with Gasteiger partial charge in [-0.25, -0.2) is 15.1 Å². The van der Waals surface area contributed by atoms with E-state index in [1.807, 2.05) is 30.3 Å². The van der Waals surface area contributed by atoms with E-state index in [0.717, 1.165) is 5.56 Å². The summed E-state index contributed by atoms with van der Waals surface area (Å²) in [7, 11) is 0. The summed E-state index contributed by atoms with van der Waals surface area (Å²) in [6.07, 6.45) is 1.52. The Hall–Kier alpha value is -3.77. The van der Waals surface area contributed by atoms with Crippen LogP contribution in [0.3, 0.4) is 0 Å². The molecule has 4 rings (SSSR count). The first-order valence-corrected chi connectivity index (χ1v) is 13.0. The summed E-state index contributed by atoms with van der Waals surface area (Å²) in [4.78, 5) is 47.7. The molecular weight excluding hydrogens is 611 g/mol. The molecule has 0 aliphatic heterocycles. The third-order valence-electron chi connectivity index (χ3n) is 5.34. The molecule has 0 saturated heterocycles. The zero-order chi connectivity index (χ0) is 27.9. The van der Waals surface area contributed by atoms with Crippen LogP contribution in [-0.4, -0.2) is 39.1 Å². The van der Waals surface area contributed by atoms with E-state index < -0.39 is 24.3 Å². The number of nitrogens with zero attached hydrogens (tertiary/aromatic N) is 3. The van der Waals surface area contributed by atoms with E-state index >= 15 is 0 Å². The summed E-state index contributed by atoms with van der Waals surface area (Å²) in [5.74, 6) is -1.48. The lowest BCUT2D eigenvalue weighted by atomic mass is 10.1. The van der Waals surface area contributed by atoms with Gasteiger partial charge >= 0.3 is 0 Å². The number of carbonyl (C=O) groups is 3. The Bertz CT molecular complexity index is 1530. The maximum Gasteiger partial charge on any atom is 0.277 e. The van der Waals surface area contributed by atoms with E-state index in [-0.39, 0.29) is 32.8 Å². The van der Waals surface area contributed by atoms with Crippen molar-refractivity contribution in [1.82, 2.24) is 25.6 Å². The highest BCUT2D eigenvalue weighted by atomic mass is 79.9. The second kappa shape index (κ2) is 12.9. The van der Waals surface area contributed by atoms with E-state index in [1.54, 1.807) is 25.1 Å². The van der Waals surface area contributed by atoms with Gasteiger partial charge in [-0.3, -0.25) is 19.2 Å². The molecule has 3 amide bonds. The van der Waals surface area contributed by atoms with Gasteiger partial charge < -0.3 is 10.6 Å². The molecule has 0 unspecified atom stereocenters. The summed E-state index contributed by atoms with van der Waals surface area (Å²) in [6, 6.07) is 17.1. The molecule has 10 nitrogen and oxygen atoms in total. The Morgan fingerprint density at radius 1 is 1.03 bits per heavy atom. The van der Waals surface area contributed by atoms with Gasteiger partial charge in [0, 0.05) is 23.8 Å². The van der Waals surface area contributed by atoms with Crippen LogP contribution < -0.4 is 16.1 Å². The number of rotatable bonds is 9. The lowest BCUT2D eigenvalue weighted by Crippen LogP contribution is -2.33. The molecule has 4 aromatic rings. The summed E-state index contributed by atoms with van der Waals surface area (Å²) >= 11 is 15.7. The van der Waals surface area contributed by atoms with Crippen LogP contribution in [0.5, 0.6) is 0 Å². The number of aryl methyl sites for hydroxylation is 1. The van der Waals surface area contributed by atoms with Gasteiger partial charge in [0.15, 0.2) is 12.4 Å². The highest BCUT2D eigenvalue weighted by Gasteiger charge is 2.22. The highest BCUT2D eigenvalue weighted by molar-refractivity contribution is 9.10. The van der Waals surface area contributed by atoms with Gasteiger partial charge in [0.25, 0.3) is 11.8 Å². The Labute approximate surface area is 241 Å². The summed E-state index contributed by atoms with van der Waals surface area (Å²) < 4.78 is 1.66. The van der Waals surface area contributed by atoms with Crippen molar-refractivity contribution in [3.05, 3.63) is 104 Å². The van der Waals surface area contributed by atoms with Gasteiger partial charge in [-0.05, 0) is 58.2 Å². The van der Waals surface area contributed by atoms with Crippen LogP contribution in [0.4, 0.5) is 5.69 Å². The summed E-state index contributed by atoms with van der Waals surface area (Å²) in [5, 5.41) is 10.2. The molecule has 13 heteroatoms. The Balaban J connectivity index is 1.46. The molecule has 2 aromatic heterocycles. The number of hydroxylamine groups is 1.